The second-order valence-corrected chi connectivity index (χ2v) is 5.80. The first kappa shape index (κ1) is 13.7. The Morgan fingerprint density at radius 2 is 1.90 bits per heavy atom. The van der Waals surface area contributed by atoms with Crippen LogP contribution in [0.2, 0.25) is 0 Å². The molecule has 2 N–H and O–H groups in total. The number of hydrogen-bond donors (Lipinski definition) is 1. The summed E-state index contributed by atoms with van der Waals surface area (Å²) in [5.41, 5.74) is 7.09. The average Bonchev–Trinajstić information content (AvgIpc) is 3.02. The summed E-state index contributed by atoms with van der Waals surface area (Å²) < 4.78 is 10.4. The van der Waals surface area contributed by atoms with Crippen LogP contribution < -0.4 is 15.2 Å². The van der Waals surface area contributed by atoms with Crippen molar-refractivity contribution in [3.8, 4) is 11.5 Å². The summed E-state index contributed by atoms with van der Waals surface area (Å²) in [6.07, 6.45) is 0. The maximum absolute atomic E-state index is 12.6. The van der Waals surface area contributed by atoms with E-state index in [-0.39, 0.29) is 5.91 Å². The zero-order chi connectivity index (χ0) is 15.0. The summed E-state index contributed by atoms with van der Waals surface area (Å²) in [6, 6.07) is 5.15. The summed E-state index contributed by atoms with van der Waals surface area (Å²) >= 11 is 1.43. The summed E-state index contributed by atoms with van der Waals surface area (Å²) in [6.45, 7) is 1.03. The predicted octanol–water partition coefficient (Wildman–Crippen LogP) is 1.90. The van der Waals surface area contributed by atoms with E-state index in [0.717, 1.165) is 10.6 Å². The van der Waals surface area contributed by atoms with Gasteiger partial charge in [0, 0.05) is 11.6 Å². The summed E-state index contributed by atoms with van der Waals surface area (Å²) in [4.78, 5) is 19.6. The number of nitrogens with two attached hydrogens (primary N) is 1. The van der Waals surface area contributed by atoms with Gasteiger partial charge in [0.1, 0.15) is 11.5 Å². The lowest BCUT2D eigenvalue weighted by atomic mass is 10.1. The Kier molecular flexibility index (Phi) is 3.42. The maximum Gasteiger partial charge on any atom is 0.254 e. The highest BCUT2D eigenvalue weighted by Crippen LogP contribution is 2.31. The first-order chi connectivity index (χ1) is 10.1. The van der Waals surface area contributed by atoms with Gasteiger partial charge in [-0.2, -0.15) is 0 Å². The van der Waals surface area contributed by atoms with Gasteiger partial charge in [-0.25, -0.2) is 4.98 Å². The van der Waals surface area contributed by atoms with E-state index in [0.29, 0.717) is 35.3 Å². The minimum absolute atomic E-state index is 0.0732. The number of nitrogen functional groups attached to an aromatic ring is 1. The van der Waals surface area contributed by atoms with E-state index in [9.17, 15) is 4.79 Å². The molecule has 1 aromatic carbocycles. The lowest BCUT2D eigenvalue weighted by molar-refractivity contribution is 0.0750. The average molecular weight is 305 g/mol. The Balaban J connectivity index is 1.84. The van der Waals surface area contributed by atoms with Gasteiger partial charge < -0.3 is 20.1 Å². The van der Waals surface area contributed by atoms with Gasteiger partial charge in [0.15, 0.2) is 5.13 Å². The third kappa shape index (κ3) is 2.52. The van der Waals surface area contributed by atoms with E-state index in [1.807, 2.05) is 0 Å². The summed E-state index contributed by atoms with van der Waals surface area (Å²) in [7, 11) is 3.12. The number of aromatic nitrogens is 1. The largest absolute Gasteiger partial charge is 0.497 e. The molecule has 1 aliphatic heterocycles. The highest BCUT2D eigenvalue weighted by molar-refractivity contribution is 7.15. The minimum atomic E-state index is -0.0732. The molecule has 7 heteroatoms. The fourth-order valence-electron chi connectivity index (χ4n) is 2.32. The molecule has 0 bridgehead atoms. The van der Waals surface area contributed by atoms with Gasteiger partial charge in [0.05, 0.1) is 37.9 Å². The molecule has 0 radical (unpaired) electrons. The number of thiazole rings is 1. The molecule has 0 unspecified atom stereocenters. The smallest absolute Gasteiger partial charge is 0.254 e. The maximum atomic E-state index is 12.6. The van der Waals surface area contributed by atoms with Crippen molar-refractivity contribution >= 4 is 22.4 Å². The lowest BCUT2D eigenvalue weighted by Crippen LogP contribution is -2.25. The number of anilines is 1. The van der Waals surface area contributed by atoms with Crippen LogP contribution in [0.5, 0.6) is 11.5 Å². The molecule has 0 atom stereocenters. The first-order valence-corrected chi connectivity index (χ1v) is 7.18. The summed E-state index contributed by atoms with van der Waals surface area (Å²) in [5.74, 6) is 1.11. The van der Waals surface area contributed by atoms with E-state index < -0.39 is 0 Å². The quantitative estimate of drug-likeness (QED) is 0.937. The van der Waals surface area contributed by atoms with Crippen LogP contribution in [0.15, 0.2) is 18.2 Å². The van der Waals surface area contributed by atoms with E-state index in [2.05, 4.69) is 4.98 Å². The molecule has 0 saturated heterocycles. The van der Waals surface area contributed by atoms with Crippen LogP contribution >= 0.6 is 11.3 Å². The van der Waals surface area contributed by atoms with E-state index >= 15 is 0 Å². The molecule has 2 heterocycles. The number of carbonyl (C=O) groups is 1. The molecular weight excluding hydrogens is 290 g/mol. The highest BCUT2D eigenvalue weighted by Gasteiger charge is 2.28. The predicted molar refractivity (Wildman–Crippen MR) is 79.6 cm³/mol. The molecule has 1 aromatic heterocycles. The van der Waals surface area contributed by atoms with Gasteiger partial charge in [-0.3, -0.25) is 4.79 Å². The number of fused-ring (bicyclic) bond motifs is 1. The third-order valence-electron chi connectivity index (χ3n) is 3.36. The summed E-state index contributed by atoms with van der Waals surface area (Å²) in [5, 5.41) is 0.551. The van der Waals surface area contributed by atoms with Crippen molar-refractivity contribution in [2.24, 2.45) is 0 Å². The molecule has 6 nitrogen and oxygen atoms in total. The van der Waals surface area contributed by atoms with E-state index in [1.54, 1.807) is 37.3 Å². The Hall–Kier alpha value is -2.28. The lowest BCUT2D eigenvalue weighted by Gasteiger charge is -2.16. The van der Waals surface area contributed by atoms with Crippen molar-refractivity contribution in [3.05, 3.63) is 34.3 Å². The number of benzene rings is 1. The molecule has 0 fully saturated rings. The fourth-order valence-corrected chi connectivity index (χ4v) is 3.17. The molecular formula is C14H15N3O3S. The van der Waals surface area contributed by atoms with Crippen LogP contribution in [-0.4, -0.2) is 30.0 Å². The zero-order valence-electron chi connectivity index (χ0n) is 11.8. The van der Waals surface area contributed by atoms with Crippen LogP contribution in [0.25, 0.3) is 0 Å². The molecule has 1 aliphatic rings. The molecule has 1 amide bonds. The Morgan fingerprint density at radius 3 is 2.48 bits per heavy atom. The van der Waals surface area contributed by atoms with Gasteiger partial charge in [-0.15, -0.1) is 11.3 Å². The van der Waals surface area contributed by atoms with Crippen LogP contribution in [0, 0.1) is 0 Å². The number of methoxy groups -OCH3 is 2. The second-order valence-electron chi connectivity index (χ2n) is 4.68. The van der Waals surface area contributed by atoms with E-state index in [4.69, 9.17) is 15.2 Å². The molecule has 0 aliphatic carbocycles. The first-order valence-electron chi connectivity index (χ1n) is 6.37. The van der Waals surface area contributed by atoms with Crippen LogP contribution in [0.4, 0.5) is 5.13 Å². The van der Waals surface area contributed by atoms with Crippen molar-refractivity contribution in [1.29, 1.82) is 0 Å². The van der Waals surface area contributed by atoms with Crippen molar-refractivity contribution in [1.82, 2.24) is 9.88 Å². The third-order valence-corrected chi connectivity index (χ3v) is 4.27. The Labute approximate surface area is 126 Å². The van der Waals surface area contributed by atoms with Gasteiger partial charge in [0.2, 0.25) is 0 Å². The van der Waals surface area contributed by atoms with Crippen LogP contribution in [-0.2, 0) is 13.1 Å². The second kappa shape index (κ2) is 5.25. The van der Waals surface area contributed by atoms with Crippen LogP contribution in [0.1, 0.15) is 20.9 Å². The monoisotopic (exact) mass is 305 g/mol. The number of hydrogen-bond acceptors (Lipinski definition) is 6. The van der Waals surface area contributed by atoms with Crippen LogP contribution in [0.3, 0.4) is 0 Å². The molecule has 21 heavy (non-hydrogen) atoms. The molecule has 0 spiro atoms. The Bertz CT molecular complexity index is 653. The van der Waals surface area contributed by atoms with Gasteiger partial charge in [-0.05, 0) is 12.1 Å². The molecule has 0 saturated carbocycles. The van der Waals surface area contributed by atoms with Crippen molar-refractivity contribution in [2.45, 2.75) is 13.1 Å². The minimum Gasteiger partial charge on any atom is -0.497 e. The van der Waals surface area contributed by atoms with Gasteiger partial charge in [-0.1, -0.05) is 0 Å². The zero-order valence-corrected chi connectivity index (χ0v) is 12.6. The normalized spacial score (nSPS) is 13.1. The van der Waals surface area contributed by atoms with Crippen molar-refractivity contribution in [3.63, 3.8) is 0 Å². The molecule has 3 rings (SSSR count). The molecule has 110 valence electrons. The Morgan fingerprint density at radius 1 is 1.24 bits per heavy atom. The van der Waals surface area contributed by atoms with Crippen molar-refractivity contribution in [2.75, 3.05) is 20.0 Å². The standard InChI is InChI=1S/C14H15N3O3S/c1-19-9-3-8(4-10(5-9)20-2)13(18)17-6-11-12(7-17)21-14(15)16-11/h3-5H,6-7H2,1-2H3,(H2,15,16). The number of nitrogens with zero attached hydrogens (tertiary/aromatic N) is 2. The van der Waals surface area contributed by atoms with Gasteiger partial charge in [0.25, 0.3) is 5.91 Å². The SMILES string of the molecule is COc1cc(OC)cc(C(=O)N2Cc3nc(N)sc3C2)c1. The molecule has 2 aromatic rings. The number of amides is 1. The highest BCUT2D eigenvalue weighted by atomic mass is 32.1. The van der Waals surface area contributed by atoms with Crippen molar-refractivity contribution < 1.29 is 14.3 Å². The number of rotatable bonds is 3. The fraction of sp³-hybridized carbons (Fsp3) is 0.286. The number of ether oxygens (including phenoxy) is 2. The number of carbonyl (C=O) groups excluding carboxylic acids is 1. The van der Waals surface area contributed by atoms with E-state index in [1.165, 1.54) is 11.3 Å². The van der Waals surface area contributed by atoms with Gasteiger partial charge >= 0.3 is 0 Å². The topological polar surface area (TPSA) is 77.7 Å².